The van der Waals surface area contributed by atoms with E-state index in [1.165, 1.54) is 0 Å². The highest BCUT2D eigenvalue weighted by Gasteiger charge is 2.11. The first-order valence-electron chi connectivity index (χ1n) is 6.46. The van der Waals surface area contributed by atoms with E-state index in [4.69, 9.17) is 0 Å². The quantitative estimate of drug-likeness (QED) is 0.773. The summed E-state index contributed by atoms with van der Waals surface area (Å²) in [5.74, 6) is -0.196. The lowest BCUT2D eigenvalue weighted by Crippen LogP contribution is -2.12. The van der Waals surface area contributed by atoms with E-state index in [2.05, 4.69) is 16.5 Å². The van der Waals surface area contributed by atoms with Crippen LogP contribution in [0.1, 0.15) is 21.6 Å². The SMILES string of the molecule is Cc1cc(C)cc(NC(=O)c2cc3ccccn3n2)c1. The maximum Gasteiger partial charge on any atom is 0.276 e. The second-order valence-electron chi connectivity index (χ2n) is 4.93. The van der Waals surface area contributed by atoms with Crippen LogP contribution in [0.5, 0.6) is 0 Å². The first-order chi connectivity index (χ1) is 9.61. The molecule has 0 spiro atoms. The highest BCUT2D eigenvalue weighted by molar-refractivity contribution is 6.03. The van der Waals surface area contributed by atoms with Crippen LogP contribution in [0.15, 0.2) is 48.7 Å². The minimum absolute atomic E-state index is 0.196. The molecule has 0 radical (unpaired) electrons. The number of nitrogens with one attached hydrogen (secondary N) is 1. The predicted octanol–water partition coefficient (Wildman–Crippen LogP) is 3.20. The summed E-state index contributed by atoms with van der Waals surface area (Å²) >= 11 is 0. The van der Waals surface area contributed by atoms with Gasteiger partial charge in [0.05, 0.1) is 5.52 Å². The molecule has 2 heterocycles. The van der Waals surface area contributed by atoms with Crippen LogP contribution in [0, 0.1) is 13.8 Å². The van der Waals surface area contributed by atoms with Gasteiger partial charge in [0.1, 0.15) is 0 Å². The van der Waals surface area contributed by atoms with Gasteiger partial charge in [-0.1, -0.05) is 12.1 Å². The van der Waals surface area contributed by atoms with Gasteiger partial charge < -0.3 is 5.32 Å². The molecule has 0 unspecified atom stereocenters. The van der Waals surface area contributed by atoms with Crippen LogP contribution >= 0.6 is 0 Å². The van der Waals surface area contributed by atoms with Crippen molar-refractivity contribution in [2.24, 2.45) is 0 Å². The van der Waals surface area contributed by atoms with Crippen LogP contribution in [0.4, 0.5) is 5.69 Å². The van der Waals surface area contributed by atoms with Gasteiger partial charge >= 0.3 is 0 Å². The maximum atomic E-state index is 12.2. The van der Waals surface area contributed by atoms with Crippen molar-refractivity contribution in [1.29, 1.82) is 0 Å². The fraction of sp³-hybridized carbons (Fsp3) is 0.125. The first-order valence-corrected chi connectivity index (χ1v) is 6.46. The number of amides is 1. The number of anilines is 1. The van der Waals surface area contributed by atoms with Crippen LogP contribution in [-0.4, -0.2) is 15.5 Å². The Kier molecular flexibility index (Phi) is 2.99. The minimum Gasteiger partial charge on any atom is -0.321 e. The first kappa shape index (κ1) is 12.4. The molecule has 3 aromatic rings. The fourth-order valence-electron chi connectivity index (χ4n) is 2.29. The largest absolute Gasteiger partial charge is 0.321 e. The molecular weight excluding hydrogens is 250 g/mol. The number of nitrogens with zero attached hydrogens (tertiary/aromatic N) is 2. The van der Waals surface area contributed by atoms with E-state index in [1.807, 2.05) is 50.4 Å². The van der Waals surface area contributed by atoms with Crippen molar-refractivity contribution in [3.05, 3.63) is 65.5 Å². The zero-order valence-electron chi connectivity index (χ0n) is 11.4. The number of carbonyl (C=O) groups is 1. The molecule has 1 N–H and O–H groups in total. The van der Waals surface area contributed by atoms with Crippen LogP contribution in [0.3, 0.4) is 0 Å². The van der Waals surface area contributed by atoms with Gasteiger partial charge in [-0.2, -0.15) is 5.10 Å². The van der Waals surface area contributed by atoms with Crippen molar-refractivity contribution in [2.45, 2.75) is 13.8 Å². The molecule has 4 heteroatoms. The topological polar surface area (TPSA) is 46.4 Å². The number of rotatable bonds is 2. The van der Waals surface area contributed by atoms with Crippen molar-refractivity contribution < 1.29 is 4.79 Å². The third-order valence-corrected chi connectivity index (χ3v) is 3.08. The van der Waals surface area contributed by atoms with E-state index in [9.17, 15) is 4.79 Å². The summed E-state index contributed by atoms with van der Waals surface area (Å²) in [7, 11) is 0. The predicted molar refractivity (Wildman–Crippen MR) is 79.1 cm³/mol. The molecule has 0 saturated heterocycles. The van der Waals surface area contributed by atoms with Gasteiger partial charge in [-0.25, -0.2) is 4.52 Å². The maximum absolute atomic E-state index is 12.2. The Labute approximate surface area is 117 Å². The Balaban J connectivity index is 1.88. The number of aromatic nitrogens is 2. The number of hydrogen-bond donors (Lipinski definition) is 1. The van der Waals surface area contributed by atoms with Gasteiger partial charge in [0, 0.05) is 11.9 Å². The zero-order chi connectivity index (χ0) is 14.1. The molecule has 2 aromatic heterocycles. The van der Waals surface area contributed by atoms with E-state index in [1.54, 1.807) is 10.6 Å². The minimum atomic E-state index is -0.196. The Morgan fingerprint density at radius 2 is 1.85 bits per heavy atom. The number of aryl methyl sites for hydroxylation is 2. The van der Waals surface area contributed by atoms with Crippen molar-refractivity contribution >= 4 is 17.1 Å². The number of benzene rings is 1. The molecule has 0 fully saturated rings. The van der Waals surface area contributed by atoms with Gasteiger partial charge in [-0.05, 0) is 55.3 Å². The average Bonchev–Trinajstić information content (AvgIpc) is 2.81. The summed E-state index contributed by atoms with van der Waals surface area (Å²) in [6.45, 7) is 4.02. The van der Waals surface area contributed by atoms with E-state index < -0.39 is 0 Å². The van der Waals surface area contributed by atoms with Crippen molar-refractivity contribution in [3.63, 3.8) is 0 Å². The summed E-state index contributed by atoms with van der Waals surface area (Å²) in [4.78, 5) is 12.2. The molecule has 100 valence electrons. The number of fused-ring (bicyclic) bond motifs is 1. The Morgan fingerprint density at radius 1 is 1.10 bits per heavy atom. The van der Waals surface area contributed by atoms with Crippen LogP contribution in [0.25, 0.3) is 5.52 Å². The molecule has 1 amide bonds. The van der Waals surface area contributed by atoms with Gasteiger partial charge in [-0.3, -0.25) is 4.79 Å². The monoisotopic (exact) mass is 265 g/mol. The third kappa shape index (κ3) is 2.40. The highest BCUT2D eigenvalue weighted by atomic mass is 16.1. The molecular formula is C16H15N3O. The average molecular weight is 265 g/mol. The Bertz CT molecular complexity index is 736. The second-order valence-corrected chi connectivity index (χ2v) is 4.93. The zero-order valence-corrected chi connectivity index (χ0v) is 11.4. The molecule has 0 aliphatic heterocycles. The van der Waals surface area contributed by atoms with Crippen LogP contribution in [-0.2, 0) is 0 Å². The van der Waals surface area contributed by atoms with Crippen molar-refractivity contribution in [2.75, 3.05) is 5.32 Å². The molecule has 0 bridgehead atoms. The Hall–Kier alpha value is -2.62. The number of hydrogen-bond acceptors (Lipinski definition) is 2. The van der Waals surface area contributed by atoms with E-state index >= 15 is 0 Å². The van der Waals surface area contributed by atoms with Gasteiger partial charge in [-0.15, -0.1) is 0 Å². The van der Waals surface area contributed by atoms with E-state index in [0.717, 1.165) is 22.3 Å². The molecule has 0 aliphatic carbocycles. The van der Waals surface area contributed by atoms with Crippen molar-refractivity contribution in [3.8, 4) is 0 Å². The summed E-state index contributed by atoms with van der Waals surface area (Å²) in [5.41, 5.74) is 4.35. The van der Waals surface area contributed by atoms with Gasteiger partial charge in [0.15, 0.2) is 5.69 Å². The summed E-state index contributed by atoms with van der Waals surface area (Å²) < 4.78 is 1.69. The van der Waals surface area contributed by atoms with E-state index in [0.29, 0.717) is 5.69 Å². The summed E-state index contributed by atoms with van der Waals surface area (Å²) in [6, 6.07) is 13.5. The second kappa shape index (κ2) is 4.81. The highest BCUT2D eigenvalue weighted by Crippen LogP contribution is 2.15. The Morgan fingerprint density at radius 3 is 2.55 bits per heavy atom. The lowest BCUT2D eigenvalue weighted by molar-refractivity contribution is 0.102. The smallest absolute Gasteiger partial charge is 0.276 e. The summed E-state index contributed by atoms with van der Waals surface area (Å²) in [5, 5.41) is 7.14. The number of pyridine rings is 1. The molecule has 0 saturated carbocycles. The molecule has 3 rings (SSSR count). The molecule has 1 aromatic carbocycles. The normalized spacial score (nSPS) is 10.7. The van der Waals surface area contributed by atoms with Crippen LogP contribution < -0.4 is 5.32 Å². The number of carbonyl (C=O) groups excluding carboxylic acids is 1. The molecule has 0 aliphatic rings. The molecule has 4 nitrogen and oxygen atoms in total. The fourth-order valence-corrected chi connectivity index (χ4v) is 2.29. The van der Waals surface area contributed by atoms with Crippen LogP contribution in [0.2, 0.25) is 0 Å². The molecule has 0 atom stereocenters. The van der Waals surface area contributed by atoms with Gasteiger partial charge in [0.2, 0.25) is 0 Å². The summed E-state index contributed by atoms with van der Waals surface area (Å²) in [6.07, 6.45) is 1.82. The van der Waals surface area contributed by atoms with E-state index in [-0.39, 0.29) is 5.91 Å². The molecule has 20 heavy (non-hydrogen) atoms. The van der Waals surface area contributed by atoms with Crippen molar-refractivity contribution in [1.82, 2.24) is 9.61 Å². The van der Waals surface area contributed by atoms with Gasteiger partial charge in [0.25, 0.3) is 5.91 Å². The lowest BCUT2D eigenvalue weighted by Gasteiger charge is -2.05. The third-order valence-electron chi connectivity index (χ3n) is 3.08. The lowest BCUT2D eigenvalue weighted by atomic mass is 10.1. The standard InChI is InChI=1S/C16H15N3O/c1-11-7-12(2)9-13(8-11)17-16(20)15-10-14-5-3-4-6-19(14)18-15/h3-10H,1-2H3,(H,17,20).